The number of ether oxygens (including phenoxy) is 1. The molecule has 0 radical (unpaired) electrons. The van der Waals surface area contributed by atoms with E-state index in [-0.39, 0.29) is 11.9 Å². The van der Waals surface area contributed by atoms with Gasteiger partial charge in [-0.1, -0.05) is 15.9 Å². The first-order chi connectivity index (χ1) is 9.11. The first-order valence-corrected chi connectivity index (χ1v) is 6.58. The highest BCUT2D eigenvalue weighted by Crippen LogP contribution is 2.27. The standard InChI is InChI=1S/C14H14BrFN2O/c1-19-14-8-18-5-4-11(14)13(17)7-9-6-10(16)2-3-12(9)15/h2-6,8,13H,7,17H2,1H3. The van der Waals surface area contributed by atoms with Crippen molar-refractivity contribution < 1.29 is 9.13 Å². The maximum Gasteiger partial charge on any atom is 0.141 e. The summed E-state index contributed by atoms with van der Waals surface area (Å²) in [6, 6.07) is 6.11. The molecule has 0 amide bonds. The molecule has 0 saturated carbocycles. The molecule has 0 bridgehead atoms. The molecule has 2 aromatic rings. The molecule has 0 aliphatic carbocycles. The van der Waals surface area contributed by atoms with Crippen LogP contribution in [0.25, 0.3) is 0 Å². The highest BCUT2D eigenvalue weighted by Gasteiger charge is 2.14. The Labute approximate surface area is 119 Å². The quantitative estimate of drug-likeness (QED) is 0.939. The van der Waals surface area contributed by atoms with Gasteiger partial charge in [-0.05, 0) is 36.2 Å². The van der Waals surface area contributed by atoms with Gasteiger partial charge in [-0.3, -0.25) is 4.98 Å². The lowest BCUT2D eigenvalue weighted by Crippen LogP contribution is -2.15. The predicted octanol–water partition coefficient (Wildman–Crippen LogP) is 3.23. The second-order valence-electron chi connectivity index (χ2n) is 4.16. The number of nitrogens with two attached hydrogens (primary N) is 1. The van der Waals surface area contributed by atoms with Crippen LogP contribution in [0.5, 0.6) is 5.75 Å². The summed E-state index contributed by atoms with van der Waals surface area (Å²) in [5.74, 6) is 0.370. The first-order valence-electron chi connectivity index (χ1n) is 5.79. The lowest BCUT2D eigenvalue weighted by atomic mass is 10.00. The average molecular weight is 325 g/mol. The molecule has 1 aromatic carbocycles. The summed E-state index contributed by atoms with van der Waals surface area (Å²) < 4.78 is 19.3. The van der Waals surface area contributed by atoms with Crippen molar-refractivity contribution in [3.63, 3.8) is 0 Å². The Morgan fingerprint density at radius 3 is 2.95 bits per heavy atom. The van der Waals surface area contributed by atoms with E-state index in [1.807, 2.05) is 6.07 Å². The van der Waals surface area contributed by atoms with Gasteiger partial charge >= 0.3 is 0 Å². The van der Waals surface area contributed by atoms with Crippen LogP contribution < -0.4 is 10.5 Å². The highest BCUT2D eigenvalue weighted by molar-refractivity contribution is 9.10. The van der Waals surface area contributed by atoms with Crippen molar-refractivity contribution in [1.82, 2.24) is 4.98 Å². The minimum atomic E-state index is -0.281. The lowest BCUT2D eigenvalue weighted by Gasteiger charge is -2.16. The number of hydrogen-bond donors (Lipinski definition) is 1. The van der Waals surface area contributed by atoms with Gasteiger partial charge in [-0.2, -0.15) is 0 Å². The molecular weight excluding hydrogens is 311 g/mol. The highest BCUT2D eigenvalue weighted by atomic mass is 79.9. The average Bonchev–Trinajstić information content (AvgIpc) is 2.42. The normalized spacial score (nSPS) is 12.2. The van der Waals surface area contributed by atoms with Gasteiger partial charge in [-0.25, -0.2) is 4.39 Å². The Hall–Kier alpha value is -1.46. The Kier molecular flexibility index (Phi) is 4.50. The summed E-state index contributed by atoms with van der Waals surface area (Å²) in [5, 5.41) is 0. The third-order valence-corrected chi connectivity index (χ3v) is 3.66. The van der Waals surface area contributed by atoms with Crippen LogP contribution in [0.15, 0.2) is 41.1 Å². The monoisotopic (exact) mass is 324 g/mol. The van der Waals surface area contributed by atoms with E-state index < -0.39 is 0 Å². The number of hydrogen-bond acceptors (Lipinski definition) is 3. The Bertz CT molecular complexity index is 577. The molecule has 1 unspecified atom stereocenters. The molecular formula is C14H14BrFN2O. The molecule has 0 aliphatic heterocycles. The minimum absolute atomic E-state index is 0.271. The fraction of sp³-hybridized carbons (Fsp3) is 0.214. The third kappa shape index (κ3) is 3.30. The van der Waals surface area contributed by atoms with Gasteiger partial charge in [0.15, 0.2) is 0 Å². The maximum atomic E-state index is 13.2. The molecule has 5 heteroatoms. The van der Waals surface area contributed by atoms with E-state index in [1.54, 1.807) is 25.6 Å². The predicted molar refractivity (Wildman–Crippen MR) is 75.5 cm³/mol. The van der Waals surface area contributed by atoms with Gasteiger partial charge < -0.3 is 10.5 Å². The van der Waals surface area contributed by atoms with Crippen LogP contribution in [0.1, 0.15) is 17.2 Å². The topological polar surface area (TPSA) is 48.1 Å². The van der Waals surface area contributed by atoms with E-state index in [0.717, 1.165) is 15.6 Å². The molecule has 0 saturated heterocycles. The summed E-state index contributed by atoms with van der Waals surface area (Å²) >= 11 is 3.40. The van der Waals surface area contributed by atoms with Gasteiger partial charge in [-0.15, -0.1) is 0 Å². The summed E-state index contributed by atoms with van der Waals surface area (Å²) in [5.41, 5.74) is 7.85. The zero-order chi connectivity index (χ0) is 13.8. The van der Waals surface area contributed by atoms with Crippen LogP contribution in [-0.2, 0) is 6.42 Å². The summed E-state index contributed by atoms with van der Waals surface area (Å²) in [4.78, 5) is 3.99. The Balaban J connectivity index is 2.25. The maximum absolute atomic E-state index is 13.2. The molecule has 2 rings (SSSR count). The molecule has 0 fully saturated rings. The SMILES string of the molecule is COc1cnccc1C(N)Cc1cc(F)ccc1Br. The number of rotatable bonds is 4. The summed E-state index contributed by atoms with van der Waals surface area (Å²) in [7, 11) is 1.57. The van der Waals surface area contributed by atoms with Gasteiger partial charge in [0.2, 0.25) is 0 Å². The second-order valence-corrected chi connectivity index (χ2v) is 5.02. The second kappa shape index (κ2) is 6.12. The molecule has 1 aromatic heterocycles. The van der Waals surface area contributed by atoms with Gasteiger partial charge in [0, 0.05) is 22.3 Å². The summed E-state index contributed by atoms with van der Waals surface area (Å²) in [6.45, 7) is 0. The van der Waals surface area contributed by atoms with Crippen LogP contribution >= 0.6 is 15.9 Å². The van der Waals surface area contributed by atoms with E-state index >= 15 is 0 Å². The smallest absolute Gasteiger partial charge is 0.141 e. The number of pyridine rings is 1. The Morgan fingerprint density at radius 2 is 2.21 bits per heavy atom. The zero-order valence-corrected chi connectivity index (χ0v) is 12.0. The van der Waals surface area contributed by atoms with Gasteiger partial charge in [0.05, 0.1) is 13.3 Å². The van der Waals surface area contributed by atoms with Crippen LogP contribution in [0, 0.1) is 5.82 Å². The number of nitrogens with zero attached hydrogens (tertiary/aromatic N) is 1. The van der Waals surface area contributed by atoms with E-state index in [1.165, 1.54) is 12.1 Å². The van der Waals surface area contributed by atoms with Crippen molar-refractivity contribution in [3.05, 3.63) is 58.1 Å². The molecule has 1 atom stereocenters. The first kappa shape index (κ1) is 14.0. The van der Waals surface area contributed by atoms with Crippen molar-refractivity contribution in [1.29, 1.82) is 0 Å². The van der Waals surface area contributed by atoms with Crippen LogP contribution in [0.3, 0.4) is 0 Å². The van der Waals surface area contributed by atoms with Crippen molar-refractivity contribution in [2.24, 2.45) is 5.73 Å². The van der Waals surface area contributed by atoms with Crippen LogP contribution in [0.2, 0.25) is 0 Å². The molecule has 19 heavy (non-hydrogen) atoms. The van der Waals surface area contributed by atoms with E-state index in [4.69, 9.17) is 10.5 Å². The molecule has 3 nitrogen and oxygen atoms in total. The van der Waals surface area contributed by atoms with E-state index in [9.17, 15) is 4.39 Å². The number of methoxy groups -OCH3 is 1. The van der Waals surface area contributed by atoms with Crippen LogP contribution in [-0.4, -0.2) is 12.1 Å². The number of halogens is 2. The number of aromatic nitrogens is 1. The van der Waals surface area contributed by atoms with Crippen molar-refractivity contribution in [3.8, 4) is 5.75 Å². The minimum Gasteiger partial charge on any atom is -0.495 e. The molecule has 1 heterocycles. The van der Waals surface area contributed by atoms with Gasteiger partial charge in [0.1, 0.15) is 11.6 Å². The molecule has 0 spiro atoms. The third-order valence-electron chi connectivity index (χ3n) is 2.88. The Morgan fingerprint density at radius 1 is 1.42 bits per heavy atom. The molecule has 2 N–H and O–H groups in total. The fourth-order valence-electron chi connectivity index (χ4n) is 1.91. The van der Waals surface area contributed by atoms with Crippen LogP contribution in [0.4, 0.5) is 4.39 Å². The number of benzene rings is 1. The lowest BCUT2D eigenvalue weighted by molar-refractivity contribution is 0.403. The summed E-state index contributed by atoms with van der Waals surface area (Å²) in [6.07, 6.45) is 3.80. The van der Waals surface area contributed by atoms with E-state index in [2.05, 4.69) is 20.9 Å². The largest absolute Gasteiger partial charge is 0.495 e. The molecule has 0 aliphatic rings. The van der Waals surface area contributed by atoms with Crippen molar-refractivity contribution in [2.45, 2.75) is 12.5 Å². The fourth-order valence-corrected chi connectivity index (χ4v) is 2.32. The zero-order valence-electron chi connectivity index (χ0n) is 10.4. The molecule has 100 valence electrons. The van der Waals surface area contributed by atoms with E-state index in [0.29, 0.717) is 12.2 Å². The van der Waals surface area contributed by atoms with Crippen molar-refractivity contribution >= 4 is 15.9 Å². The van der Waals surface area contributed by atoms with Crippen molar-refractivity contribution in [2.75, 3.05) is 7.11 Å². The van der Waals surface area contributed by atoms with Gasteiger partial charge in [0.25, 0.3) is 0 Å².